The largest absolute Gasteiger partial charge is 0.325 e. The maximum atomic E-state index is 11.7. The van der Waals surface area contributed by atoms with Gasteiger partial charge in [0.05, 0.1) is 24.2 Å². The van der Waals surface area contributed by atoms with Crippen LogP contribution in [0.25, 0.3) is 0 Å². The van der Waals surface area contributed by atoms with Crippen LogP contribution in [0.4, 0.5) is 5.69 Å². The van der Waals surface area contributed by atoms with Crippen molar-refractivity contribution in [1.82, 2.24) is 4.90 Å². The van der Waals surface area contributed by atoms with E-state index in [1.807, 2.05) is 12.1 Å². The smallest absolute Gasteiger partial charge is 0.238 e. The third kappa shape index (κ3) is 4.65. The number of hydrogen-bond acceptors (Lipinski definition) is 4. The Labute approximate surface area is 106 Å². The highest BCUT2D eigenvalue weighted by Gasteiger charge is 2.06. The van der Waals surface area contributed by atoms with Crippen LogP contribution < -0.4 is 5.32 Å². The number of carbonyl (C=O) groups excluding carboxylic acids is 1. The Morgan fingerprint density at radius 3 is 2.89 bits per heavy atom. The maximum absolute atomic E-state index is 11.7. The second kappa shape index (κ2) is 7.05. The van der Waals surface area contributed by atoms with Crippen molar-refractivity contribution in [2.75, 3.05) is 25.5 Å². The summed E-state index contributed by atoms with van der Waals surface area (Å²) in [6.07, 6.45) is 0.397. The van der Waals surface area contributed by atoms with Crippen molar-refractivity contribution in [3.63, 3.8) is 0 Å². The molecule has 0 atom stereocenters. The molecular formula is C13H14N4O. The highest BCUT2D eigenvalue weighted by atomic mass is 16.2. The van der Waals surface area contributed by atoms with Gasteiger partial charge in [0.2, 0.25) is 5.91 Å². The van der Waals surface area contributed by atoms with Crippen LogP contribution >= 0.6 is 0 Å². The van der Waals surface area contributed by atoms with Crippen LogP contribution in [0.3, 0.4) is 0 Å². The summed E-state index contributed by atoms with van der Waals surface area (Å²) >= 11 is 0. The minimum Gasteiger partial charge on any atom is -0.325 e. The van der Waals surface area contributed by atoms with E-state index >= 15 is 0 Å². The molecular weight excluding hydrogens is 228 g/mol. The van der Waals surface area contributed by atoms with Crippen molar-refractivity contribution < 1.29 is 4.79 Å². The number of benzene rings is 1. The van der Waals surface area contributed by atoms with Gasteiger partial charge in [-0.25, -0.2) is 0 Å². The highest BCUT2D eigenvalue weighted by Crippen LogP contribution is 2.09. The van der Waals surface area contributed by atoms with Gasteiger partial charge < -0.3 is 5.32 Å². The number of amides is 1. The fourth-order valence-electron chi connectivity index (χ4n) is 1.43. The monoisotopic (exact) mass is 242 g/mol. The number of nitriles is 2. The predicted octanol–water partition coefficient (Wildman–Crippen LogP) is 1.34. The molecule has 1 N–H and O–H groups in total. The van der Waals surface area contributed by atoms with E-state index in [0.717, 1.165) is 0 Å². The van der Waals surface area contributed by atoms with Gasteiger partial charge in [-0.05, 0) is 25.2 Å². The summed E-state index contributed by atoms with van der Waals surface area (Å²) in [6, 6.07) is 10.8. The summed E-state index contributed by atoms with van der Waals surface area (Å²) in [6.45, 7) is 0.778. The first-order valence-electron chi connectivity index (χ1n) is 5.51. The third-order valence-corrected chi connectivity index (χ3v) is 2.29. The fraction of sp³-hybridized carbons (Fsp3) is 0.308. The molecule has 0 bridgehead atoms. The summed E-state index contributed by atoms with van der Waals surface area (Å²) < 4.78 is 0. The molecule has 0 aliphatic heterocycles. The van der Waals surface area contributed by atoms with Crippen molar-refractivity contribution in [2.24, 2.45) is 0 Å². The summed E-state index contributed by atoms with van der Waals surface area (Å²) in [5.41, 5.74) is 1.11. The van der Waals surface area contributed by atoms with Gasteiger partial charge in [-0.1, -0.05) is 6.07 Å². The Morgan fingerprint density at radius 1 is 1.44 bits per heavy atom. The van der Waals surface area contributed by atoms with Crippen LogP contribution in [-0.4, -0.2) is 30.9 Å². The topological polar surface area (TPSA) is 79.9 Å². The van der Waals surface area contributed by atoms with Crippen molar-refractivity contribution in [3.8, 4) is 12.1 Å². The zero-order chi connectivity index (χ0) is 13.4. The molecule has 0 saturated heterocycles. The zero-order valence-corrected chi connectivity index (χ0v) is 10.2. The molecule has 0 fully saturated rings. The van der Waals surface area contributed by atoms with Crippen LogP contribution in [0, 0.1) is 22.7 Å². The lowest BCUT2D eigenvalue weighted by Gasteiger charge is -2.14. The van der Waals surface area contributed by atoms with Crippen LogP contribution in [0.2, 0.25) is 0 Å². The summed E-state index contributed by atoms with van der Waals surface area (Å²) in [5.74, 6) is -0.162. The minimum absolute atomic E-state index is 0.162. The number of nitrogens with one attached hydrogen (secondary N) is 1. The van der Waals surface area contributed by atoms with Gasteiger partial charge in [-0.3, -0.25) is 9.69 Å². The van der Waals surface area contributed by atoms with Crippen molar-refractivity contribution in [2.45, 2.75) is 6.42 Å². The first kappa shape index (κ1) is 13.7. The van der Waals surface area contributed by atoms with Gasteiger partial charge in [0, 0.05) is 18.7 Å². The third-order valence-electron chi connectivity index (χ3n) is 2.29. The van der Waals surface area contributed by atoms with Crippen molar-refractivity contribution >= 4 is 11.6 Å². The standard InChI is InChI=1S/C13H14N4O/c1-17(7-3-6-14)10-13(18)16-12-5-2-4-11(8-12)9-15/h2,4-5,8H,3,7,10H2,1H3,(H,16,18). The number of likely N-dealkylation sites (N-methyl/N-ethyl adjacent to an activating group) is 1. The molecule has 5 nitrogen and oxygen atoms in total. The lowest BCUT2D eigenvalue weighted by Crippen LogP contribution is -2.30. The first-order chi connectivity index (χ1) is 8.65. The molecule has 1 amide bonds. The van der Waals surface area contributed by atoms with Crippen molar-refractivity contribution in [3.05, 3.63) is 29.8 Å². The maximum Gasteiger partial charge on any atom is 0.238 e. The summed E-state index contributed by atoms with van der Waals surface area (Å²) in [4.78, 5) is 13.4. The van der Waals surface area contributed by atoms with Crippen LogP contribution in [0.1, 0.15) is 12.0 Å². The molecule has 0 aliphatic carbocycles. The van der Waals surface area contributed by atoms with Gasteiger partial charge >= 0.3 is 0 Å². The van der Waals surface area contributed by atoms with E-state index in [2.05, 4.69) is 5.32 Å². The number of carbonyl (C=O) groups is 1. The second-order valence-electron chi connectivity index (χ2n) is 3.89. The van der Waals surface area contributed by atoms with E-state index in [1.54, 1.807) is 36.2 Å². The average Bonchev–Trinajstić information content (AvgIpc) is 2.36. The Balaban J connectivity index is 2.49. The van der Waals surface area contributed by atoms with Gasteiger partial charge in [-0.15, -0.1) is 0 Å². The molecule has 1 aromatic rings. The molecule has 0 saturated carbocycles. The summed E-state index contributed by atoms with van der Waals surface area (Å²) in [7, 11) is 1.78. The van der Waals surface area contributed by atoms with Gasteiger partial charge in [0.15, 0.2) is 0 Å². The van der Waals surface area contributed by atoms with Crippen molar-refractivity contribution in [1.29, 1.82) is 10.5 Å². The zero-order valence-electron chi connectivity index (χ0n) is 10.2. The average molecular weight is 242 g/mol. The molecule has 0 heterocycles. The Kier molecular flexibility index (Phi) is 5.37. The fourth-order valence-corrected chi connectivity index (χ4v) is 1.43. The number of hydrogen-bond donors (Lipinski definition) is 1. The number of rotatable bonds is 5. The Hall–Kier alpha value is -2.37. The molecule has 0 aromatic heterocycles. The van der Waals surface area contributed by atoms with Crippen LogP contribution in [0.5, 0.6) is 0 Å². The molecule has 18 heavy (non-hydrogen) atoms. The number of anilines is 1. The SMILES string of the molecule is CN(CCC#N)CC(=O)Nc1cccc(C#N)c1. The highest BCUT2D eigenvalue weighted by molar-refractivity contribution is 5.92. The molecule has 1 aromatic carbocycles. The van der Waals surface area contributed by atoms with Gasteiger partial charge in [0.1, 0.15) is 0 Å². The normalized spacial score (nSPS) is 9.56. The van der Waals surface area contributed by atoms with E-state index in [4.69, 9.17) is 10.5 Å². The molecule has 0 unspecified atom stereocenters. The lowest BCUT2D eigenvalue weighted by atomic mass is 10.2. The van der Waals surface area contributed by atoms with Gasteiger partial charge in [0.25, 0.3) is 0 Å². The van der Waals surface area contributed by atoms with E-state index in [0.29, 0.717) is 24.2 Å². The molecule has 92 valence electrons. The second-order valence-corrected chi connectivity index (χ2v) is 3.89. The predicted molar refractivity (Wildman–Crippen MR) is 67.5 cm³/mol. The van der Waals surface area contributed by atoms with Crippen LogP contribution in [0.15, 0.2) is 24.3 Å². The quantitative estimate of drug-likeness (QED) is 0.845. The summed E-state index contributed by atoms with van der Waals surface area (Å²) in [5, 5.41) is 19.9. The number of nitrogens with zero attached hydrogens (tertiary/aromatic N) is 3. The molecule has 0 radical (unpaired) electrons. The van der Waals surface area contributed by atoms with E-state index in [-0.39, 0.29) is 12.5 Å². The molecule has 0 spiro atoms. The molecule has 0 aliphatic rings. The first-order valence-corrected chi connectivity index (χ1v) is 5.51. The minimum atomic E-state index is -0.162. The van der Waals surface area contributed by atoms with Gasteiger partial charge in [-0.2, -0.15) is 10.5 Å². The lowest BCUT2D eigenvalue weighted by molar-refractivity contribution is -0.117. The van der Waals surface area contributed by atoms with E-state index in [9.17, 15) is 4.79 Å². The Morgan fingerprint density at radius 2 is 2.22 bits per heavy atom. The van der Waals surface area contributed by atoms with E-state index in [1.165, 1.54) is 0 Å². The molecule has 1 rings (SSSR count). The Bertz CT molecular complexity index is 498. The molecule has 5 heteroatoms. The van der Waals surface area contributed by atoms with Crippen LogP contribution in [-0.2, 0) is 4.79 Å². The van der Waals surface area contributed by atoms with E-state index < -0.39 is 0 Å².